The van der Waals surface area contributed by atoms with Gasteiger partial charge in [0, 0.05) is 35.7 Å². The van der Waals surface area contributed by atoms with Gasteiger partial charge in [0.1, 0.15) is 17.2 Å². The van der Waals surface area contributed by atoms with E-state index in [1.165, 1.54) is 34.4 Å². The summed E-state index contributed by atoms with van der Waals surface area (Å²) in [5.74, 6) is 2.23. The monoisotopic (exact) mass is 385 g/mol. The fourth-order valence-corrected chi connectivity index (χ4v) is 6.08. The Morgan fingerprint density at radius 1 is 1.14 bits per heavy atom. The Labute approximate surface area is 170 Å². The summed E-state index contributed by atoms with van der Waals surface area (Å²) >= 11 is 0. The van der Waals surface area contributed by atoms with E-state index in [4.69, 9.17) is 9.47 Å². The average molecular weight is 385 g/mol. The number of hydrogen-bond acceptors (Lipinski definition) is 4. The van der Waals surface area contributed by atoms with Crippen LogP contribution in [0.15, 0.2) is 36.4 Å². The Balaban J connectivity index is 1.63. The molecule has 1 spiro atoms. The number of anilines is 1. The number of ether oxygens (including phenoxy) is 2. The summed E-state index contributed by atoms with van der Waals surface area (Å²) in [7, 11) is 3.43. The number of methoxy groups -OCH3 is 2. The molecule has 0 radical (unpaired) electrons. The number of nitrogens with zero attached hydrogens (tertiary/aromatic N) is 3. The maximum absolute atomic E-state index is 9.53. The first-order valence-electron chi connectivity index (χ1n) is 10.3. The van der Waals surface area contributed by atoms with Crippen LogP contribution in [0.5, 0.6) is 11.5 Å². The van der Waals surface area contributed by atoms with Crippen molar-refractivity contribution in [3.8, 4) is 17.6 Å². The van der Waals surface area contributed by atoms with E-state index in [9.17, 15) is 5.26 Å². The molecule has 146 valence electrons. The van der Waals surface area contributed by atoms with Crippen molar-refractivity contribution in [2.45, 2.75) is 37.3 Å². The van der Waals surface area contributed by atoms with Gasteiger partial charge in [-0.1, -0.05) is 0 Å². The number of aromatic nitrogens is 1. The van der Waals surface area contributed by atoms with Crippen LogP contribution in [0.3, 0.4) is 0 Å². The van der Waals surface area contributed by atoms with Gasteiger partial charge in [-0.05, 0) is 60.4 Å². The molecule has 2 aromatic carbocycles. The SMILES string of the molecule is COc1ccc2c(c1)C1CCC13N2CCc1c(CC#N)c2cc(OC)ccc2n13. The molecule has 0 amide bonds. The highest BCUT2D eigenvalue weighted by molar-refractivity contribution is 5.89. The van der Waals surface area contributed by atoms with E-state index in [2.05, 4.69) is 45.9 Å². The molecule has 5 nitrogen and oxygen atoms in total. The minimum atomic E-state index is -0.0528. The molecule has 2 atom stereocenters. The highest BCUT2D eigenvalue weighted by Gasteiger charge is 2.61. The molecule has 5 heteroatoms. The Morgan fingerprint density at radius 3 is 2.66 bits per heavy atom. The lowest BCUT2D eigenvalue weighted by atomic mass is 9.70. The van der Waals surface area contributed by atoms with Crippen molar-refractivity contribution in [1.29, 1.82) is 5.26 Å². The Kier molecular flexibility index (Phi) is 3.30. The standard InChI is InChI=1S/C24H23N3O2/c1-28-15-4-6-22-18(13-15)17(8-11-25)23-9-12-26-21-5-3-16(29-2)14-19(21)20-7-10-24(20,26)27(22)23/h3-6,13-14,20H,7-10,12H2,1-2H3. The van der Waals surface area contributed by atoms with E-state index in [0.717, 1.165) is 36.3 Å². The second-order valence-corrected chi connectivity index (χ2v) is 8.27. The van der Waals surface area contributed by atoms with Gasteiger partial charge in [0.05, 0.1) is 32.2 Å². The van der Waals surface area contributed by atoms with E-state index in [-0.39, 0.29) is 5.66 Å². The molecule has 3 aromatic rings. The molecule has 1 aliphatic carbocycles. The van der Waals surface area contributed by atoms with Crippen molar-refractivity contribution in [2.24, 2.45) is 0 Å². The van der Waals surface area contributed by atoms with Gasteiger partial charge < -0.3 is 18.9 Å². The first kappa shape index (κ1) is 16.8. The van der Waals surface area contributed by atoms with Crippen molar-refractivity contribution >= 4 is 16.6 Å². The smallest absolute Gasteiger partial charge is 0.124 e. The third-order valence-electron chi connectivity index (χ3n) is 7.33. The zero-order valence-corrected chi connectivity index (χ0v) is 16.7. The molecule has 2 unspecified atom stereocenters. The van der Waals surface area contributed by atoms with Gasteiger partial charge in [-0.2, -0.15) is 5.26 Å². The number of rotatable bonds is 3. The van der Waals surface area contributed by atoms with Gasteiger partial charge in [0.2, 0.25) is 0 Å². The van der Waals surface area contributed by atoms with Crippen molar-refractivity contribution in [3.63, 3.8) is 0 Å². The highest BCUT2D eigenvalue weighted by Crippen LogP contribution is 2.64. The van der Waals surface area contributed by atoms with Crippen molar-refractivity contribution in [1.82, 2.24) is 4.57 Å². The van der Waals surface area contributed by atoms with Crippen LogP contribution in [-0.2, 0) is 18.5 Å². The van der Waals surface area contributed by atoms with Crippen LogP contribution in [0.25, 0.3) is 10.9 Å². The third kappa shape index (κ3) is 1.89. The average Bonchev–Trinajstić information content (AvgIpc) is 3.14. The fourth-order valence-electron chi connectivity index (χ4n) is 6.08. The normalized spacial score (nSPS) is 23.5. The van der Waals surface area contributed by atoms with E-state index in [1.807, 2.05) is 6.07 Å². The van der Waals surface area contributed by atoms with Gasteiger partial charge in [0.25, 0.3) is 0 Å². The van der Waals surface area contributed by atoms with E-state index in [1.54, 1.807) is 14.2 Å². The lowest BCUT2D eigenvalue weighted by molar-refractivity contribution is 0.103. The Morgan fingerprint density at radius 2 is 1.93 bits per heavy atom. The molecule has 1 aromatic heterocycles. The second kappa shape index (κ2) is 5.70. The lowest BCUT2D eigenvalue weighted by Gasteiger charge is -2.55. The van der Waals surface area contributed by atoms with Crippen LogP contribution in [0.4, 0.5) is 5.69 Å². The molecule has 2 aliphatic heterocycles. The molecule has 6 rings (SSSR count). The number of fused-ring (bicyclic) bond motifs is 6. The zero-order chi connectivity index (χ0) is 19.8. The molecule has 29 heavy (non-hydrogen) atoms. The predicted molar refractivity (Wildman–Crippen MR) is 112 cm³/mol. The largest absolute Gasteiger partial charge is 0.497 e. The Bertz CT molecular complexity index is 1210. The van der Waals surface area contributed by atoms with E-state index >= 15 is 0 Å². The zero-order valence-electron chi connectivity index (χ0n) is 16.7. The number of hydrogen-bond donors (Lipinski definition) is 0. The van der Waals surface area contributed by atoms with Crippen molar-refractivity contribution in [2.75, 3.05) is 25.7 Å². The highest BCUT2D eigenvalue weighted by atomic mass is 16.5. The van der Waals surface area contributed by atoms with Crippen molar-refractivity contribution in [3.05, 3.63) is 53.2 Å². The topological polar surface area (TPSA) is 50.4 Å². The van der Waals surface area contributed by atoms with Crippen molar-refractivity contribution < 1.29 is 9.47 Å². The van der Waals surface area contributed by atoms with E-state index in [0.29, 0.717) is 12.3 Å². The Hall–Kier alpha value is -3.13. The summed E-state index contributed by atoms with van der Waals surface area (Å²) in [4.78, 5) is 2.61. The summed E-state index contributed by atoms with van der Waals surface area (Å²) < 4.78 is 13.6. The van der Waals surface area contributed by atoms with Gasteiger partial charge in [0.15, 0.2) is 0 Å². The second-order valence-electron chi connectivity index (χ2n) is 8.27. The summed E-state index contributed by atoms with van der Waals surface area (Å²) in [5, 5.41) is 10.7. The molecular formula is C24H23N3O2. The van der Waals surface area contributed by atoms with Gasteiger partial charge in [-0.15, -0.1) is 0 Å². The molecule has 3 heterocycles. The fraction of sp³-hybridized carbons (Fsp3) is 0.375. The molecule has 0 saturated heterocycles. The van der Waals surface area contributed by atoms with Crippen LogP contribution in [0.1, 0.15) is 35.6 Å². The quantitative estimate of drug-likeness (QED) is 0.673. The first-order valence-corrected chi connectivity index (χ1v) is 10.3. The summed E-state index contributed by atoms with van der Waals surface area (Å²) in [6, 6.07) is 15.2. The molecule has 0 N–H and O–H groups in total. The minimum absolute atomic E-state index is 0.0528. The van der Waals surface area contributed by atoms with E-state index < -0.39 is 0 Å². The lowest BCUT2D eigenvalue weighted by Crippen LogP contribution is -2.60. The van der Waals surface area contributed by atoms with Gasteiger partial charge >= 0.3 is 0 Å². The number of nitriles is 1. The maximum Gasteiger partial charge on any atom is 0.124 e. The molecule has 0 bridgehead atoms. The van der Waals surface area contributed by atoms with Crippen LogP contribution in [0, 0.1) is 11.3 Å². The number of benzene rings is 2. The first-order chi connectivity index (χ1) is 14.2. The van der Waals surface area contributed by atoms with Crippen LogP contribution < -0.4 is 14.4 Å². The maximum atomic E-state index is 9.53. The molecular weight excluding hydrogens is 362 g/mol. The van der Waals surface area contributed by atoms with Crippen LogP contribution in [-0.4, -0.2) is 25.3 Å². The summed E-state index contributed by atoms with van der Waals surface area (Å²) in [5.41, 5.74) is 6.42. The van der Waals surface area contributed by atoms with Crippen LogP contribution >= 0.6 is 0 Å². The molecule has 3 aliphatic rings. The van der Waals surface area contributed by atoms with Gasteiger partial charge in [-0.25, -0.2) is 0 Å². The van der Waals surface area contributed by atoms with Gasteiger partial charge in [-0.3, -0.25) is 0 Å². The molecule has 1 saturated carbocycles. The van der Waals surface area contributed by atoms with Crippen LogP contribution in [0.2, 0.25) is 0 Å². The third-order valence-corrected chi connectivity index (χ3v) is 7.33. The summed E-state index contributed by atoms with van der Waals surface area (Å²) in [6.07, 6.45) is 3.70. The summed E-state index contributed by atoms with van der Waals surface area (Å²) in [6.45, 7) is 0.988. The molecule has 1 fully saturated rings. The predicted octanol–water partition coefficient (Wildman–Crippen LogP) is 4.33. The minimum Gasteiger partial charge on any atom is -0.497 e.